The fourth-order valence-electron chi connectivity index (χ4n) is 1.94. The molecule has 15 heavy (non-hydrogen) atoms. The molecule has 0 amide bonds. The van der Waals surface area contributed by atoms with Crippen LogP contribution in [-0.2, 0) is 11.2 Å². The third kappa shape index (κ3) is 1.82. The van der Waals surface area contributed by atoms with Crippen molar-refractivity contribution in [3.8, 4) is 0 Å². The number of fused-ring (bicyclic) bond motifs is 1. The van der Waals surface area contributed by atoms with Crippen molar-refractivity contribution in [2.75, 3.05) is 25.1 Å². The van der Waals surface area contributed by atoms with Gasteiger partial charge in [0.15, 0.2) is 0 Å². The quantitative estimate of drug-likeness (QED) is 0.591. The van der Waals surface area contributed by atoms with E-state index in [9.17, 15) is 0 Å². The Morgan fingerprint density at radius 1 is 1.53 bits per heavy atom. The van der Waals surface area contributed by atoms with E-state index < -0.39 is 0 Å². The Bertz CT molecular complexity index is 387. The highest BCUT2D eigenvalue weighted by atomic mass is 16.5. The van der Waals surface area contributed by atoms with Gasteiger partial charge in [0.2, 0.25) is 5.90 Å². The second-order valence-corrected chi connectivity index (χ2v) is 3.78. The molecule has 1 heterocycles. The van der Waals surface area contributed by atoms with Crippen LogP contribution >= 0.6 is 0 Å². The van der Waals surface area contributed by atoms with Gasteiger partial charge in [-0.25, -0.2) is 0 Å². The first-order valence-electron chi connectivity index (χ1n) is 5.28. The second kappa shape index (κ2) is 3.93. The van der Waals surface area contributed by atoms with Gasteiger partial charge in [0.1, 0.15) is 0 Å². The number of nitrogens with one attached hydrogen (secondary N) is 1. The molecule has 0 saturated heterocycles. The van der Waals surface area contributed by atoms with Crippen molar-refractivity contribution < 1.29 is 4.74 Å². The van der Waals surface area contributed by atoms with E-state index in [1.54, 1.807) is 0 Å². The molecule has 0 bridgehead atoms. The van der Waals surface area contributed by atoms with E-state index in [0.29, 0.717) is 6.61 Å². The van der Waals surface area contributed by atoms with Gasteiger partial charge in [-0.05, 0) is 37.1 Å². The molecule has 0 aromatic heterocycles. The summed E-state index contributed by atoms with van der Waals surface area (Å²) in [7, 11) is 2.10. The first kappa shape index (κ1) is 10.0. The molecule has 1 aromatic carbocycles. The lowest BCUT2D eigenvalue weighted by Gasteiger charge is -2.12. The fraction of sp³-hybridized carbons (Fsp3) is 0.417. The standard InChI is InChI=1S/C12H16N2O/c1-3-15-12(13)10-4-5-11-9(8-10)6-7-14(11)2/h4-5,8,13H,3,6-7H2,1-2H3. The van der Waals surface area contributed by atoms with Crippen LogP contribution in [0.1, 0.15) is 18.1 Å². The summed E-state index contributed by atoms with van der Waals surface area (Å²) in [6.07, 6.45) is 1.07. The average molecular weight is 204 g/mol. The zero-order chi connectivity index (χ0) is 10.8. The SMILES string of the molecule is CCOC(=N)c1ccc2c(c1)CCN2C. The molecule has 2 rings (SSSR count). The van der Waals surface area contributed by atoms with Gasteiger partial charge in [-0.2, -0.15) is 0 Å². The minimum atomic E-state index is 0.273. The smallest absolute Gasteiger partial charge is 0.213 e. The van der Waals surface area contributed by atoms with E-state index in [1.807, 2.05) is 13.0 Å². The molecule has 0 saturated carbocycles. The second-order valence-electron chi connectivity index (χ2n) is 3.78. The van der Waals surface area contributed by atoms with Crippen LogP contribution in [0.5, 0.6) is 0 Å². The van der Waals surface area contributed by atoms with Crippen molar-refractivity contribution in [3.05, 3.63) is 29.3 Å². The zero-order valence-corrected chi connectivity index (χ0v) is 9.21. The van der Waals surface area contributed by atoms with Crippen LogP contribution in [0.2, 0.25) is 0 Å². The summed E-state index contributed by atoms with van der Waals surface area (Å²) in [6, 6.07) is 6.10. The number of rotatable bonds is 2. The summed E-state index contributed by atoms with van der Waals surface area (Å²) < 4.78 is 5.18. The molecule has 0 spiro atoms. The number of anilines is 1. The van der Waals surface area contributed by atoms with Crippen molar-refractivity contribution in [2.24, 2.45) is 0 Å². The van der Waals surface area contributed by atoms with Crippen molar-refractivity contribution in [1.82, 2.24) is 0 Å². The largest absolute Gasteiger partial charge is 0.478 e. The molecule has 0 radical (unpaired) electrons. The molecule has 0 unspecified atom stereocenters. The minimum absolute atomic E-state index is 0.273. The Balaban J connectivity index is 2.27. The highest BCUT2D eigenvalue weighted by molar-refractivity contribution is 5.92. The lowest BCUT2D eigenvalue weighted by Crippen LogP contribution is -2.12. The third-order valence-corrected chi connectivity index (χ3v) is 2.76. The monoisotopic (exact) mass is 204 g/mol. The molecule has 3 nitrogen and oxygen atoms in total. The number of hydrogen-bond donors (Lipinski definition) is 1. The van der Waals surface area contributed by atoms with Crippen molar-refractivity contribution in [3.63, 3.8) is 0 Å². The zero-order valence-electron chi connectivity index (χ0n) is 9.21. The van der Waals surface area contributed by atoms with Crippen LogP contribution in [0.4, 0.5) is 5.69 Å². The summed E-state index contributed by atoms with van der Waals surface area (Å²) >= 11 is 0. The maximum atomic E-state index is 7.71. The molecule has 1 aliphatic heterocycles. The summed E-state index contributed by atoms with van der Waals surface area (Å²) in [4.78, 5) is 2.24. The highest BCUT2D eigenvalue weighted by Crippen LogP contribution is 2.27. The van der Waals surface area contributed by atoms with Crippen molar-refractivity contribution in [1.29, 1.82) is 5.41 Å². The van der Waals surface area contributed by atoms with Gasteiger partial charge in [-0.3, -0.25) is 5.41 Å². The first-order chi connectivity index (χ1) is 7.22. The summed E-state index contributed by atoms with van der Waals surface area (Å²) in [6.45, 7) is 3.52. The van der Waals surface area contributed by atoms with E-state index >= 15 is 0 Å². The lowest BCUT2D eigenvalue weighted by atomic mass is 10.1. The predicted molar refractivity (Wildman–Crippen MR) is 61.9 cm³/mol. The van der Waals surface area contributed by atoms with Gasteiger partial charge in [0, 0.05) is 24.8 Å². The molecule has 0 atom stereocenters. The van der Waals surface area contributed by atoms with E-state index in [4.69, 9.17) is 10.1 Å². The van der Waals surface area contributed by atoms with Gasteiger partial charge in [0.05, 0.1) is 6.61 Å². The van der Waals surface area contributed by atoms with E-state index in [2.05, 4.69) is 24.1 Å². The fourth-order valence-corrected chi connectivity index (χ4v) is 1.94. The van der Waals surface area contributed by atoms with E-state index in [-0.39, 0.29) is 5.90 Å². The summed E-state index contributed by atoms with van der Waals surface area (Å²) in [5.74, 6) is 0.273. The molecule has 3 heteroatoms. The number of ether oxygens (including phenoxy) is 1. The topological polar surface area (TPSA) is 36.3 Å². The lowest BCUT2D eigenvalue weighted by molar-refractivity contribution is 0.325. The van der Waals surface area contributed by atoms with Gasteiger partial charge >= 0.3 is 0 Å². The Hall–Kier alpha value is -1.51. The van der Waals surface area contributed by atoms with Gasteiger partial charge in [-0.1, -0.05) is 0 Å². The van der Waals surface area contributed by atoms with Crippen LogP contribution in [0.25, 0.3) is 0 Å². The maximum Gasteiger partial charge on any atom is 0.213 e. The van der Waals surface area contributed by atoms with Crippen LogP contribution in [0, 0.1) is 5.41 Å². The van der Waals surface area contributed by atoms with Crippen molar-refractivity contribution >= 4 is 11.6 Å². The van der Waals surface area contributed by atoms with Crippen LogP contribution < -0.4 is 4.90 Å². The third-order valence-electron chi connectivity index (χ3n) is 2.76. The Labute approximate surface area is 90.2 Å². The number of likely N-dealkylation sites (N-methyl/N-ethyl adjacent to an activating group) is 1. The Morgan fingerprint density at radius 3 is 3.07 bits per heavy atom. The molecule has 1 aliphatic rings. The first-order valence-corrected chi connectivity index (χ1v) is 5.28. The number of benzene rings is 1. The average Bonchev–Trinajstić information content (AvgIpc) is 2.60. The van der Waals surface area contributed by atoms with E-state index in [1.165, 1.54) is 11.3 Å². The number of hydrogen-bond acceptors (Lipinski definition) is 3. The van der Waals surface area contributed by atoms with Crippen molar-refractivity contribution in [2.45, 2.75) is 13.3 Å². The van der Waals surface area contributed by atoms with Crippen LogP contribution in [-0.4, -0.2) is 26.1 Å². The summed E-state index contributed by atoms with van der Waals surface area (Å²) in [5, 5.41) is 7.71. The van der Waals surface area contributed by atoms with Gasteiger partial charge in [0.25, 0.3) is 0 Å². The predicted octanol–water partition coefficient (Wildman–Crippen LogP) is 2.04. The Morgan fingerprint density at radius 2 is 2.33 bits per heavy atom. The minimum Gasteiger partial charge on any atom is -0.478 e. The normalized spacial score (nSPS) is 13.9. The molecular weight excluding hydrogens is 188 g/mol. The van der Waals surface area contributed by atoms with Gasteiger partial charge in [-0.15, -0.1) is 0 Å². The molecule has 1 aromatic rings. The van der Waals surface area contributed by atoms with Crippen LogP contribution in [0.15, 0.2) is 18.2 Å². The van der Waals surface area contributed by atoms with E-state index in [0.717, 1.165) is 18.5 Å². The molecule has 1 N–H and O–H groups in total. The number of nitrogens with zero attached hydrogens (tertiary/aromatic N) is 1. The molecular formula is C12H16N2O. The Kier molecular flexibility index (Phi) is 2.62. The molecule has 0 fully saturated rings. The molecule has 80 valence electrons. The van der Waals surface area contributed by atoms with Gasteiger partial charge < -0.3 is 9.64 Å². The maximum absolute atomic E-state index is 7.71. The van der Waals surface area contributed by atoms with Crippen LogP contribution in [0.3, 0.4) is 0 Å². The highest BCUT2D eigenvalue weighted by Gasteiger charge is 2.16. The molecule has 0 aliphatic carbocycles. The summed E-state index contributed by atoms with van der Waals surface area (Å²) in [5.41, 5.74) is 3.48.